The third kappa shape index (κ3) is 3.52. The van der Waals surface area contributed by atoms with Crippen molar-refractivity contribution >= 4 is 17.7 Å². The second kappa shape index (κ2) is 6.58. The average Bonchev–Trinajstić information content (AvgIpc) is 2.47. The highest BCUT2D eigenvalue weighted by Gasteiger charge is 2.24. The number of carboxylic acids is 1. The number of hydrogen-bond donors (Lipinski definition) is 2. The first-order valence-corrected chi connectivity index (χ1v) is 7.03. The van der Waals surface area contributed by atoms with Gasteiger partial charge in [0.25, 0.3) is 0 Å². The molecule has 1 aliphatic heterocycles. The van der Waals surface area contributed by atoms with Gasteiger partial charge in [0, 0.05) is 13.1 Å². The number of urea groups is 1. The largest absolute Gasteiger partial charge is 0.478 e. The van der Waals surface area contributed by atoms with Gasteiger partial charge in [-0.05, 0) is 25.0 Å². The first-order valence-electron chi connectivity index (χ1n) is 7.03. The normalized spacial score (nSPS) is 18.4. The third-order valence-corrected chi connectivity index (χ3v) is 3.61. The van der Waals surface area contributed by atoms with E-state index in [1.807, 2.05) is 6.92 Å². The third-order valence-electron chi connectivity index (χ3n) is 3.61. The van der Waals surface area contributed by atoms with Crippen LogP contribution in [0.15, 0.2) is 18.2 Å². The molecule has 2 amide bonds. The summed E-state index contributed by atoms with van der Waals surface area (Å²) in [6.45, 7) is 5.26. The molecule has 0 saturated carbocycles. The average molecular weight is 292 g/mol. The van der Waals surface area contributed by atoms with E-state index in [2.05, 4.69) is 5.32 Å². The summed E-state index contributed by atoms with van der Waals surface area (Å²) in [6.07, 6.45) is 0.884. The minimum Gasteiger partial charge on any atom is -0.478 e. The highest BCUT2D eigenvalue weighted by atomic mass is 16.5. The van der Waals surface area contributed by atoms with Crippen LogP contribution in [0.1, 0.15) is 29.3 Å². The molecule has 0 radical (unpaired) electrons. The Morgan fingerprint density at radius 2 is 2.24 bits per heavy atom. The van der Waals surface area contributed by atoms with E-state index in [0.29, 0.717) is 30.9 Å². The molecule has 2 N–H and O–H groups in total. The smallest absolute Gasteiger partial charge is 0.338 e. The lowest BCUT2D eigenvalue weighted by atomic mass is 10.1. The van der Waals surface area contributed by atoms with Crippen LogP contribution in [0.4, 0.5) is 10.5 Å². The van der Waals surface area contributed by atoms with Crippen molar-refractivity contribution in [2.45, 2.75) is 26.4 Å². The lowest BCUT2D eigenvalue weighted by molar-refractivity contribution is -0.0134. The van der Waals surface area contributed by atoms with Crippen LogP contribution in [-0.2, 0) is 4.74 Å². The number of benzene rings is 1. The topological polar surface area (TPSA) is 78.9 Å². The van der Waals surface area contributed by atoms with Gasteiger partial charge in [-0.1, -0.05) is 19.1 Å². The Morgan fingerprint density at radius 1 is 1.48 bits per heavy atom. The van der Waals surface area contributed by atoms with Crippen LogP contribution in [0.25, 0.3) is 0 Å². The number of carbonyl (C=O) groups is 2. The number of anilines is 1. The quantitative estimate of drug-likeness (QED) is 0.896. The number of nitrogens with zero attached hydrogens (tertiary/aromatic N) is 1. The molecule has 6 heteroatoms. The van der Waals surface area contributed by atoms with Gasteiger partial charge in [0.1, 0.15) is 0 Å². The van der Waals surface area contributed by atoms with Gasteiger partial charge in [-0.2, -0.15) is 0 Å². The summed E-state index contributed by atoms with van der Waals surface area (Å²) >= 11 is 0. The zero-order valence-corrected chi connectivity index (χ0v) is 12.3. The van der Waals surface area contributed by atoms with Gasteiger partial charge in [-0.25, -0.2) is 9.59 Å². The fourth-order valence-corrected chi connectivity index (χ4v) is 2.40. The van der Waals surface area contributed by atoms with Gasteiger partial charge in [-0.3, -0.25) is 0 Å². The molecule has 1 saturated heterocycles. The maximum Gasteiger partial charge on any atom is 0.338 e. The fourth-order valence-electron chi connectivity index (χ4n) is 2.40. The van der Waals surface area contributed by atoms with Crippen LogP contribution in [0, 0.1) is 6.92 Å². The van der Waals surface area contributed by atoms with Gasteiger partial charge in [0.15, 0.2) is 0 Å². The maximum absolute atomic E-state index is 12.3. The summed E-state index contributed by atoms with van der Waals surface area (Å²) in [5.41, 5.74) is 1.08. The first kappa shape index (κ1) is 15.3. The zero-order chi connectivity index (χ0) is 15.4. The maximum atomic E-state index is 12.3. The number of aryl methyl sites for hydroxylation is 1. The molecule has 21 heavy (non-hydrogen) atoms. The second-order valence-electron chi connectivity index (χ2n) is 5.08. The van der Waals surface area contributed by atoms with Crippen molar-refractivity contribution < 1.29 is 19.4 Å². The second-order valence-corrected chi connectivity index (χ2v) is 5.08. The molecule has 1 fully saturated rings. The van der Waals surface area contributed by atoms with Crippen molar-refractivity contribution in [3.8, 4) is 0 Å². The van der Waals surface area contributed by atoms with E-state index in [1.165, 1.54) is 0 Å². The van der Waals surface area contributed by atoms with Gasteiger partial charge >= 0.3 is 12.0 Å². The molecule has 0 spiro atoms. The number of ether oxygens (including phenoxy) is 1. The minimum atomic E-state index is -1.04. The molecular weight excluding hydrogens is 272 g/mol. The summed E-state index contributed by atoms with van der Waals surface area (Å²) in [5, 5.41) is 12.0. The summed E-state index contributed by atoms with van der Waals surface area (Å²) in [5.74, 6) is -1.04. The van der Waals surface area contributed by atoms with Crippen molar-refractivity contribution in [2.24, 2.45) is 0 Å². The van der Waals surface area contributed by atoms with E-state index >= 15 is 0 Å². The number of rotatable bonds is 3. The molecule has 2 rings (SSSR count). The van der Waals surface area contributed by atoms with Crippen molar-refractivity contribution in [1.82, 2.24) is 4.90 Å². The van der Waals surface area contributed by atoms with E-state index in [9.17, 15) is 14.7 Å². The molecule has 1 atom stereocenters. The van der Waals surface area contributed by atoms with Crippen molar-refractivity contribution in [2.75, 3.05) is 25.0 Å². The molecule has 1 aromatic rings. The standard InChI is InChI=1S/C15H20N2O4/c1-3-11-9-17(7-8-21-11)15(20)16-12-6-4-5-10(2)13(12)14(18)19/h4-6,11H,3,7-9H2,1-2H3,(H,16,20)(H,18,19). The Hall–Kier alpha value is -2.08. The molecule has 1 heterocycles. The molecular formula is C15H20N2O4. The van der Waals surface area contributed by atoms with Crippen LogP contribution in [-0.4, -0.2) is 47.8 Å². The fraction of sp³-hybridized carbons (Fsp3) is 0.467. The number of morpholine rings is 1. The Kier molecular flexibility index (Phi) is 4.80. The van der Waals surface area contributed by atoms with E-state index in [0.717, 1.165) is 6.42 Å². The molecule has 1 aromatic carbocycles. The molecule has 1 unspecified atom stereocenters. The van der Waals surface area contributed by atoms with Crippen LogP contribution < -0.4 is 5.32 Å². The molecule has 114 valence electrons. The first-order chi connectivity index (χ1) is 10.0. The van der Waals surface area contributed by atoms with Crippen LogP contribution in [0.5, 0.6) is 0 Å². The van der Waals surface area contributed by atoms with Gasteiger partial charge in [-0.15, -0.1) is 0 Å². The Morgan fingerprint density at radius 3 is 2.90 bits per heavy atom. The number of aromatic carboxylic acids is 1. The molecule has 6 nitrogen and oxygen atoms in total. The van der Waals surface area contributed by atoms with E-state index < -0.39 is 5.97 Å². The van der Waals surface area contributed by atoms with E-state index in [1.54, 1.807) is 30.0 Å². The van der Waals surface area contributed by atoms with Gasteiger partial charge in [0.05, 0.1) is 24.0 Å². The number of carboxylic acid groups (broad SMARTS) is 1. The molecule has 0 aromatic heterocycles. The van der Waals surface area contributed by atoms with Crippen LogP contribution >= 0.6 is 0 Å². The highest BCUT2D eigenvalue weighted by molar-refractivity contribution is 6.01. The minimum absolute atomic E-state index is 0.0425. The number of amides is 2. The Balaban J connectivity index is 2.13. The lowest BCUT2D eigenvalue weighted by Gasteiger charge is -2.32. The molecule has 0 aliphatic carbocycles. The number of carbonyl (C=O) groups excluding carboxylic acids is 1. The number of hydrogen-bond acceptors (Lipinski definition) is 3. The predicted octanol–water partition coefficient (Wildman–Crippen LogP) is 2.34. The Labute approximate surface area is 123 Å². The van der Waals surface area contributed by atoms with E-state index in [-0.39, 0.29) is 17.7 Å². The molecule has 1 aliphatic rings. The summed E-state index contributed by atoms with van der Waals surface area (Å²) in [6, 6.07) is 4.75. The summed E-state index contributed by atoms with van der Waals surface area (Å²) in [7, 11) is 0. The van der Waals surface area contributed by atoms with Gasteiger partial charge in [0.2, 0.25) is 0 Å². The monoisotopic (exact) mass is 292 g/mol. The van der Waals surface area contributed by atoms with Crippen molar-refractivity contribution in [1.29, 1.82) is 0 Å². The summed E-state index contributed by atoms with van der Waals surface area (Å²) in [4.78, 5) is 25.3. The van der Waals surface area contributed by atoms with Crippen molar-refractivity contribution in [3.63, 3.8) is 0 Å². The van der Waals surface area contributed by atoms with Crippen LogP contribution in [0.2, 0.25) is 0 Å². The molecule has 0 bridgehead atoms. The van der Waals surface area contributed by atoms with Gasteiger partial charge < -0.3 is 20.1 Å². The zero-order valence-electron chi connectivity index (χ0n) is 12.3. The predicted molar refractivity (Wildman–Crippen MR) is 78.8 cm³/mol. The lowest BCUT2D eigenvalue weighted by Crippen LogP contribution is -2.47. The highest BCUT2D eigenvalue weighted by Crippen LogP contribution is 2.20. The number of nitrogens with one attached hydrogen (secondary N) is 1. The van der Waals surface area contributed by atoms with E-state index in [4.69, 9.17) is 4.74 Å². The summed E-state index contributed by atoms with van der Waals surface area (Å²) < 4.78 is 5.52. The SMILES string of the molecule is CCC1CN(C(=O)Nc2cccc(C)c2C(=O)O)CCO1. The van der Waals surface area contributed by atoms with Crippen molar-refractivity contribution in [3.05, 3.63) is 29.3 Å². The Bertz CT molecular complexity index is 544. The van der Waals surface area contributed by atoms with Crippen LogP contribution in [0.3, 0.4) is 0 Å².